The third kappa shape index (κ3) is 2.50. The number of ether oxygens (including phenoxy) is 2. The van der Waals surface area contributed by atoms with Crippen molar-refractivity contribution in [3.63, 3.8) is 0 Å². The van der Waals surface area contributed by atoms with Crippen LogP contribution in [-0.4, -0.2) is 23.2 Å². The molecule has 1 aliphatic rings. The van der Waals surface area contributed by atoms with Crippen LogP contribution in [-0.2, 0) is 0 Å². The maximum Gasteiger partial charge on any atom is 0.253 e. The molecule has 1 aromatic carbocycles. The number of nitrogens with one attached hydrogen (secondary N) is 1. The number of rotatable bonds is 2. The Kier molecular flexibility index (Phi) is 3.15. The van der Waals surface area contributed by atoms with Crippen molar-refractivity contribution in [2.24, 2.45) is 0 Å². The molecule has 8 heteroatoms. The van der Waals surface area contributed by atoms with Crippen molar-refractivity contribution in [1.29, 1.82) is 0 Å². The highest BCUT2D eigenvalue weighted by Gasteiger charge is 2.16. The molecule has 0 bridgehead atoms. The minimum absolute atomic E-state index is 0.160. The molecule has 5 N–H and O–H groups in total. The van der Waals surface area contributed by atoms with Crippen LogP contribution in [0.5, 0.6) is 11.5 Å². The molecular weight excluding hydrogens is 280 g/mol. The Morgan fingerprint density at radius 1 is 1.15 bits per heavy atom. The van der Waals surface area contributed by atoms with Gasteiger partial charge in [0.25, 0.3) is 5.56 Å². The van der Waals surface area contributed by atoms with Gasteiger partial charge in [0, 0.05) is 28.8 Å². The van der Waals surface area contributed by atoms with Crippen LogP contribution in [0.1, 0.15) is 0 Å². The summed E-state index contributed by atoms with van der Waals surface area (Å²) in [4.78, 5) is 18.7. The lowest BCUT2D eigenvalue weighted by molar-refractivity contribution is 0.171. The van der Waals surface area contributed by atoms with Gasteiger partial charge < -0.3 is 25.9 Å². The van der Waals surface area contributed by atoms with E-state index in [1.807, 2.05) is 0 Å². The van der Waals surface area contributed by atoms with Crippen LogP contribution in [0.2, 0.25) is 0 Å². The number of fused-ring (bicyclic) bond motifs is 1. The minimum atomic E-state index is -0.309. The average molecular weight is 292 g/mol. The lowest BCUT2D eigenvalue weighted by Gasteiger charge is -2.19. The predicted molar refractivity (Wildman–Crippen MR) is 75.2 cm³/mol. The molecule has 3 rings (SSSR count). The zero-order valence-electron chi connectivity index (χ0n) is 10.4. The van der Waals surface area contributed by atoms with E-state index in [1.165, 1.54) is 17.8 Å². The maximum atomic E-state index is 11.4. The second kappa shape index (κ2) is 4.97. The van der Waals surface area contributed by atoms with Crippen molar-refractivity contribution in [3.05, 3.63) is 28.6 Å². The monoisotopic (exact) mass is 292 g/mol. The summed E-state index contributed by atoms with van der Waals surface area (Å²) in [7, 11) is 0. The van der Waals surface area contributed by atoms with Crippen molar-refractivity contribution in [2.45, 2.75) is 10.1 Å². The number of H-pyrrole nitrogens is 1. The van der Waals surface area contributed by atoms with E-state index in [2.05, 4.69) is 9.97 Å². The Hall–Kier alpha value is -2.35. The fourth-order valence-corrected chi connectivity index (χ4v) is 2.63. The Morgan fingerprint density at radius 3 is 2.55 bits per heavy atom. The van der Waals surface area contributed by atoms with Gasteiger partial charge in [-0.1, -0.05) is 0 Å². The summed E-state index contributed by atoms with van der Waals surface area (Å²) in [5.74, 6) is 1.40. The third-order valence-electron chi connectivity index (χ3n) is 2.62. The Bertz CT molecular complexity index is 716. The number of aromatic nitrogens is 2. The summed E-state index contributed by atoms with van der Waals surface area (Å²) in [6, 6.07) is 4.68. The predicted octanol–water partition coefficient (Wildman–Crippen LogP) is 0.857. The van der Waals surface area contributed by atoms with Crippen LogP contribution in [0.25, 0.3) is 0 Å². The second-order valence-electron chi connectivity index (χ2n) is 4.11. The number of hydrogen-bond acceptors (Lipinski definition) is 7. The minimum Gasteiger partial charge on any atom is -0.486 e. The fraction of sp³-hybridized carbons (Fsp3) is 0.167. The number of anilines is 2. The highest BCUT2D eigenvalue weighted by atomic mass is 32.2. The quantitative estimate of drug-likeness (QED) is 0.555. The molecule has 0 amide bonds. The van der Waals surface area contributed by atoms with Crippen LogP contribution in [0, 0.1) is 0 Å². The van der Waals surface area contributed by atoms with Gasteiger partial charge in [-0.05, 0) is 11.8 Å². The van der Waals surface area contributed by atoms with E-state index in [1.54, 1.807) is 12.1 Å². The summed E-state index contributed by atoms with van der Waals surface area (Å²) in [5.41, 5.74) is 11.7. The number of nitrogens with two attached hydrogens (primary N) is 2. The van der Waals surface area contributed by atoms with Gasteiger partial charge in [-0.25, -0.2) is 4.98 Å². The van der Waals surface area contributed by atoms with Gasteiger partial charge in [0.1, 0.15) is 19.0 Å². The van der Waals surface area contributed by atoms with Crippen molar-refractivity contribution >= 4 is 23.3 Å². The highest BCUT2D eigenvalue weighted by Crippen LogP contribution is 2.40. The van der Waals surface area contributed by atoms with Gasteiger partial charge in [-0.2, -0.15) is 0 Å². The maximum absolute atomic E-state index is 11.4. The normalized spacial score (nSPS) is 13.2. The van der Waals surface area contributed by atoms with Gasteiger partial charge in [-0.3, -0.25) is 4.79 Å². The van der Waals surface area contributed by atoms with E-state index in [4.69, 9.17) is 20.9 Å². The Labute approximate surface area is 118 Å². The van der Waals surface area contributed by atoms with Crippen molar-refractivity contribution in [3.8, 4) is 11.5 Å². The van der Waals surface area contributed by atoms with Crippen LogP contribution >= 0.6 is 11.8 Å². The molecule has 2 aromatic rings. The molecule has 0 saturated carbocycles. The number of nitrogens with zero attached hydrogens (tertiary/aromatic N) is 1. The molecule has 0 saturated heterocycles. The molecule has 20 heavy (non-hydrogen) atoms. The highest BCUT2D eigenvalue weighted by molar-refractivity contribution is 7.99. The fourth-order valence-electron chi connectivity index (χ4n) is 1.78. The first-order valence-electron chi connectivity index (χ1n) is 5.85. The topological polar surface area (TPSA) is 116 Å². The van der Waals surface area contributed by atoms with E-state index < -0.39 is 0 Å². The molecule has 104 valence electrons. The number of aromatic amines is 1. The molecule has 0 atom stereocenters. The lowest BCUT2D eigenvalue weighted by Crippen LogP contribution is -2.15. The van der Waals surface area contributed by atoms with E-state index >= 15 is 0 Å². The molecule has 0 fully saturated rings. The van der Waals surface area contributed by atoms with Gasteiger partial charge in [0.15, 0.2) is 16.7 Å². The van der Waals surface area contributed by atoms with E-state index in [-0.39, 0.29) is 11.4 Å². The average Bonchev–Trinajstić information content (AvgIpc) is 2.38. The second-order valence-corrected chi connectivity index (χ2v) is 5.14. The first-order chi connectivity index (χ1) is 9.61. The first-order valence-corrected chi connectivity index (χ1v) is 6.67. The molecule has 0 unspecified atom stereocenters. The molecule has 0 spiro atoms. The Balaban J connectivity index is 1.96. The molecule has 0 aliphatic carbocycles. The number of hydrogen-bond donors (Lipinski definition) is 3. The zero-order chi connectivity index (χ0) is 14.1. The molecular formula is C12H12N4O3S. The zero-order valence-corrected chi connectivity index (χ0v) is 11.2. The van der Waals surface area contributed by atoms with E-state index in [0.29, 0.717) is 40.5 Å². The van der Waals surface area contributed by atoms with Crippen LogP contribution in [0.3, 0.4) is 0 Å². The molecule has 1 aromatic heterocycles. The molecule has 2 heterocycles. The van der Waals surface area contributed by atoms with Crippen LogP contribution in [0.15, 0.2) is 33.0 Å². The molecule has 7 nitrogen and oxygen atoms in total. The molecule has 0 radical (unpaired) electrons. The van der Waals surface area contributed by atoms with Gasteiger partial charge in [0.05, 0.1) is 0 Å². The van der Waals surface area contributed by atoms with E-state index in [0.717, 1.165) is 0 Å². The summed E-state index contributed by atoms with van der Waals surface area (Å²) in [5, 5.41) is 0.373. The van der Waals surface area contributed by atoms with Crippen molar-refractivity contribution in [1.82, 2.24) is 9.97 Å². The van der Waals surface area contributed by atoms with E-state index in [9.17, 15) is 4.79 Å². The number of nitrogen functional groups attached to an aromatic ring is 2. The van der Waals surface area contributed by atoms with Crippen LogP contribution in [0.4, 0.5) is 11.5 Å². The first kappa shape index (κ1) is 12.7. The summed E-state index contributed by atoms with van der Waals surface area (Å²) in [6.07, 6.45) is 0. The van der Waals surface area contributed by atoms with Gasteiger partial charge in [0.2, 0.25) is 0 Å². The Morgan fingerprint density at radius 2 is 1.85 bits per heavy atom. The smallest absolute Gasteiger partial charge is 0.253 e. The van der Waals surface area contributed by atoms with Gasteiger partial charge >= 0.3 is 0 Å². The third-order valence-corrected chi connectivity index (χ3v) is 3.58. The molecule has 1 aliphatic heterocycles. The summed E-state index contributed by atoms with van der Waals surface area (Å²) < 4.78 is 10.9. The van der Waals surface area contributed by atoms with Crippen molar-refractivity contribution in [2.75, 3.05) is 24.7 Å². The standard InChI is InChI=1S/C12H12N4O3S/c13-6-3-7-8(19-2-1-18-7)4-9(6)20-12-15-10(14)5-11(17)16-12/h3-5H,1-2,13H2,(H3,14,15,16,17). The lowest BCUT2D eigenvalue weighted by atomic mass is 10.2. The summed E-state index contributed by atoms with van der Waals surface area (Å²) in [6.45, 7) is 0.997. The van der Waals surface area contributed by atoms with Gasteiger partial charge in [-0.15, -0.1) is 0 Å². The summed E-state index contributed by atoms with van der Waals surface area (Å²) >= 11 is 1.21. The number of benzene rings is 1. The van der Waals surface area contributed by atoms with Crippen molar-refractivity contribution < 1.29 is 9.47 Å². The largest absolute Gasteiger partial charge is 0.486 e. The van der Waals surface area contributed by atoms with Crippen LogP contribution < -0.4 is 26.5 Å². The SMILES string of the molecule is Nc1cc(=O)[nH]c(Sc2cc3c(cc2N)OCCO3)n1.